The number of amides is 1. The van der Waals surface area contributed by atoms with Crippen LogP contribution in [0.3, 0.4) is 0 Å². The molecule has 1 unspecified atom stereocenters. The van der Waals surface area contributed by atoms with Crippen LogP contribution in [0.2, 0.25) is 0 Å². The molecule has 1 saturated heterocycles. The predicted octanol–water partition coefficient (Wildman–Crippen LogP) is 1.07. The summed E-state index contributed by atoms with van der Waals surface area (Å²) in [5.41, 5.74) is 0. The van der Waals surface area contributed by atoms with Crippen molar-refractivity contribution in [1.29, 1.82) is 0 Å². The molecule has 1 aliphatic heterocycles. The third kappa shape index (κ3) is 3.45. The maximum Gasteiger partial charge on any atom is 0.236 e. The van der Waals surface area contributed by atoms with Gasteiger partial charge in [0.2, 0.25) is 5.91 Å². The predicted molar refractivity (Wildman–Crippen MR) is 73.5 cm³/mol. The summed E-state index contributed by atoms with van der Waals surface area (Å²) in [6.07, 6.45) is 4.72. The molecule has 0 aromatic carbocycles. The number of carbonyl (C=O) groups is 1. The Kier molecular flexibility index (Phi) is 5.01. The number of hydrogen-bond acceptors (Lipinski definition) is 3. The molecule has 0 spiro atoms. The molecule has 2 rings (SSSR count). The van der Waals surface area contributed by atoms with Crippen LogP contribution in [0, 0.1) is 0 Å². The summed E-state index contributed by atoms with van der Waals surface area (Å²) in [6.45, 7) is 8.95. The van der Waals surface area contributed by atoms with Crippen molar-refractivity contribution in [2.45, 2.75) is 51.6 Å². The zero-order valence-corrected chi connectivity index (χ0v) is 11.8. The second-order valence-electron chi connectivity index (χ2n) is 5.53. The summed E-state index contributed by atoms with van der Waals surface area (Å²) in [4.78, 5) is 16.8. The third-order valence-electron chi connectivity index (χ3n) is 4.05. The molecule has 4 heteroatoms. The first kappa shape index (κ1) is 13.8. The summed E-state index contributed by atoms with van der Waals surface area (Å²) in [7, 11) is 0. The van der Waals surface area contributed by atoms with E-state index in [1.807, 2.05) is 0 Å². The molecule has 1 heterocycles. The van der Waals surface area contributed by atoms with Crippen LogP contribution in [0.15, 0.2) is 0 Å². The topological polar surface area (TPSA) is 35.6 Å². The monoisotopic (exact) mass is 253 g/mol. The molecule has 0 radical (unpaired) electrons. The van der Waals surface area contributed by atoms with E-state index in [1.165, 1.54) is 19.3 Å². The van der Waals surface area contributed by atoms with Gasteiger partial charge in [-0.15, -0.1) is 0 Å². The molecule has 1 aliphatic carbocycles. The molecule has 1 saturated carbocycles. The number of nitrogens with zero attached hydrogens (tertiary/aromatic N) is 2. The van der Waals surface area contributed by atoms with Crippen molar-refractivity contribution in [1.82, 2.24) is 15.1 Å². The van der Waals surface area contributed by atoms with Gasteiger partial charge in [-0.1, -0.05) is 6.92 Å². The fourth-order valence-corrected chi connectivity index (χ4v) is 2.92. The van der Waals surface area contributed by atoms with Gasteiger partial charge in [0, 0.05) is 25.2 Å². The van der Waals surface area contributed by atoms with Crippen LogP contribution in [0.4, 0.5) is 0 Å². The molecule has 0 aromatic heterocycles. The van der Waals surface area contributed by atoms with Crippen molar-refractivity contribution in [2.75, 3.05) is 32.7 Å². The van der Waals surface area contributed by atoms with E-state index in [-0.39, 0.29) is 0 Å². The number of carbonyl (C=O) groups excluding carboxylic acids is 1. The minimum absolute atomic E-state index is 0.334. The third-order valence-corrected chi connectivity index (χ3v) is 4.05. The lowest BCUT2D eigenvalue weighted by Crippen LogP contribution is -2.46. The average molecular weight is 253 g/mol. The SMILES string of the molecule is CCCN(CC(=O)N(CC)C1CC1)C1CCNC1. The second-order valence-corrected chi connectivity index (χ2v) is 5.53. The highest BCUT2D eigenvalue weighted by Crippen LogP contribution is 2.26. The Labute approximate surface area is 111 Å². The molecule has 1 atom stereocenters. The van der Waals surface area contributed by atoms with Crippen LogP contribution in [-0.2, 0) is 4.79 Å². The average Bonchev–Trinajstić information content (AvgIpc) is 3.04. The Balaban J connectivity index is 1.88. The maximum atomic E-state index is 12.4. The molecular formula is C14H27N3O. The quantitative estimate of drug-likeness (QED) is 0.737. The minimum Gasteiger partial charge on any atom is -0.339 e. The van der Waals surface area contributed by atoms with Gasteiger partial charge in [-0.05, 0) is 45.7 Å². The zero-order chi connectivity index (χ0) is 13.0. The van der Waals surface area contributed by atoms with Gasteiger partial charge in [-0.2, -0.15) is 0 Å². The van der Waals surface area contributed by atoms with Crippen molar-refractivity contribution >= 4 is 5.91 Å². The number of rotatable bonds is 7. The first-order valence-electron chi connectivity index (χ1n) is 7.50. The van der Waals surface area contributed by atoms with Crippen LogP contribution < -0.4 is 5.32 Å². The van der Waals surface area contributed by atoms with Gasteiger partial charge in [-0.25, -0.2) is 0 Å². The lowest BCUT2D eigenvalue weighted by molar-refractivity contribution is -0.133. The van der Waals surface area contributed by atoms with E-state index in [0.717, 1.165) is 32.6 Å². The smallest absolute Gasteiger partial charge is 0.236 e. The number of nitrogens with one attached hydrogen (secondary N) is 1. The largest absolute Gasteiger partial charge is 0.339 e. The molecule has 4 nitrogen and oxygen atoms in total. The summed E-state index contributed by atoms with van der Waals surface area (Å²) in [5, 5.41) is 3.40. The molecule has 1 amide bonds. The van der Waals surface area contributed by atoms with Crippen molar-refractivity contribution < 1.29 is 4.79 Å². The molecular weight excluding hydrogens is 226 g/mol. The molecule has 104 valence electrons. The molecule has 2 aliphatic rings. The molecule has 0 aromatic rings. The second kappa shape index (κ2) is 6.53. The highest BCUT2D eigenvalue weighted by molar-refractivity contribution is 5.79. The van der Waals surface area contributed by atoms with Crippen molar-refractivity contribution in [3.05, 3.63) is 0 Å². The van der Waals surface area contributed by atoms with Gasteiger partial charge in [0.15, 0.2) is 0 Å². The first-order chi connectivity index (χ1) is 8.76. The van der Waals surface area contributed by atoms with E-state index in [2.05, 4.69) is 29.0 Å². The van der Waals surface area contributed by atoms with Crippen LogP contribution in [0.1, 0.15) is 39.5 Å². The van der Waals surface area contributed by atoms with E-state index in [1.54, 1.807) is 0 Å². The van der Waals surface area contributed by atoms with Crippen molar-refractivity contribution in [3.63, 3.8) is 0 Å². The summed E-state index contributed by atoms with van der Waals surface area (Å²) < 4.78 is 0. The Bertz CT molecular complexity index is 272. The van der Waals surface area contributed by atoms with Crippen molar-refractivity contribution in [3.8, 4) is 0 Å². The lowest BCUT2D eigenvalue weighted by Gasteiger charge is -2.30. The van der Waals surface area contributed by atoms with Gasteiger partial charge in [0.25, 0.3) is 0 Å². The standard InChI is InChI=1S/C14H27N3O/c1-3-9-16(13-7-8-15-10-13)11-14(18)17(4-2)12-5-6-12/h12-13,15H,3-11H2,1-2H3. The zero-order valence-electron chi connectivity index (χ0n) is 11.8. The Morgan fingerprint density at radius 3 is 2.50 bits per heavy atom. The van der Waals surface area contributed by atoms with Gasteiger partial charge >= 0.3 is 0 Å². The Morgan fingerprint density at radius 1 is 1.22 bits per heavy atom. The van der Waals surface area contributed by atoms with E-state index in [4.69, 9.17) is 0 Å². The van der Waals surface area contributed by atoms with E-state index in [0.29, 0.717) is 24.5 Å². The van der Waals surface area contributed by atoms with Gasteiger partial charge in [0.05, 0.1) is 6.54 Å². The van der Waals surface area contributed by atoms with Gasteiger partial charge < -0.3 is 10.2 Å². The first-order valence-corrected chi connectivity index (χ1v) is 7.50. The van der Waals surface area contributed by atoms with Crippen LogP contribution in [0.25, 0.3) is 0 Å². The summed E-state index contributed by atoms with van der Waals surface area (Å²) in [5.74, 6) is 0.334. The lowest BCUT2D eigenvalue weighted by atomic mass is 10.2. The number of hydrogen-bond donors (Lipinski definition) is 1. The highest BCUT2D eigenvalue weighted by Gasteiger charge is 2.33. The molecule has 1 N–H and O–H groups in total. The fraction of sp³-hybridized carbons (Fsp3) is 0.929. The van der Waals surface area contributed by atoms with E-state index >= 15 is 0 Å². The number of likely N-dealkylation sites (N-methyl/N-ethyl adjacent to an activating group) is 1. The van der Waals surface area contributed by atoms with Gasteiger partial charge in [0.1, 0.15) is 0 Å². The normalized spacial score (nSPS) is 23.6. The van der Waals surface area contributed by atoms with Crippen LogP contribution in [-0.4, -0.2) is 60.5 Å². The van der Waals surface area contributed by atoms with E-state index in [9.17, 15) is 4.79 Å². The molecule has 2 fully saturated rings. The van der Waals surface area contributed by atoms with Crippen molar-refractivity contribution in [2.24, 2.45) is 0 Å². The summed E-state index contributed by atoms with van der Waals surface area (Å²) in [6, 6.07) is 1.11. The fourth-order valence-electron chi connectivity index (χ4n) is 2.92. The van der Waals surface area contributed by atoms with E-state index < -0.39 is 0 Å². The minimum atomic E-state index is 0.334. The Hall–Kier alpha value is -0.610. The highest BCUT2D eigenvalue weighted by atomic mass is 16.2. The van der Waals surface area contributed by atoms with Crippen LogP contribution in [0.5, 0.6) is 0 Å². The molecule has 0 bridgehead atoms. The maximum absolute atomic E-state index is 12.4. The Morgan fingerprint density at radius 2 is 2.00 bits per heavy atom. The van der Waals surface area contributed by atoms with Crippen LogP contribution >= 0.6 is 0 Å². The summed E-state index contributed by atoms with van der Waals surface area (Å²) >= 11 is 0. The van der Waals surface area contributed by atoms with Gasteiger partial charge in [-0.3, -0.25) is 9.69 Å². The molecule has 18 heavy (non-hydrogen) atoms.